The smallest absolute Gasteiger partial charge is 0.378 e. The molecule has 0 amide bonds. The van der Waals surface area contributed by atoms with E-state index < -0.39 is 11.7 Å². The van der Waals surface area contributed by atoms with Crippen LogP contribution in [0.5, 0.6) is 0 Å². The molecule has 1 aromatic carbocycles. The van der Waals surface area contributed by atoms with Crippen LogP contribution in [-0.4, -0.2) is 26.3 Å². The summed E-state index contributed by atoms with van der Waals surface area (Å²) in [5.74, 6) is 0. The molecule has 0 radical (unpaired) electrons. The van der Waals surface area contributed by atoms with E-state index >= 15 is 0 Å². The Morgan fingerprint density at radius 1 is 1.30 bits per heavy atom. The van der Waals surface area contributed by atoms with Gasteiger partial charge in [0.15, 0.2) is 0 Å². The van der Waals surface area contributed by atoms with E-state index in [9.17, 15) is 13.2 Å². The van der Waals surface area contributed by atoms with Crippen molar-refractivity contribution >= 4 is 17.3 Å². The Balaban J connectivity index is 2.55. The maximum absolute atomic E-state index is 13.3. The predicted octanol–water partition coefficient (Wildman–Crippen LogP) is 3.26. The number of hydrogen-bond donors (Lipinski definition) is 0. The minimum absolute atomic E-state index is 0.0264. The molecule has 1 aromatic rings. The average molecular weight is 305 g/mol. The Morgan fingerprint density at radius 2 is 1.95 bits per heavy atom. The lowest BCUT2D eigenvalue weighted by molar-refractivity contribution is -0.137. The van der Waals surface area contributed by atoms with Crippen molar-refractivity contribution in [3.8, 4) is 6.07 Å². The van der Waals surface area contributed by atoms with Crippen LogP contribution >= 0.6 is 11.6 Å². The van der Waals surface area contributed by atoms with Gasteiger partial charge in [-0.3, -0.25) is 0 Å². The number of ether oxygens (including phenoxy) is 1. The third kappa shape index (κ3) is 3.17. The molecule has 1 aliphatic rings. The van der Waals surface area contributed by atoms with Gasteiger partial charge in [0, 0.05) is 18.1 Å². The van der Waals surface area contributed by atoms with Crippen LogP contribution in [0.15, 0.2) is 12.1 Å². The van der Waals surface area contributed by atoms with Gasteiger partial charge in [-0.25, -0.2) is 0 Å². The number of nitriles is 1. The average Bonchev–Trinajstić information content (AvgIpc) is 2.38. The van der Waals surface area contributed by atoms with Crippen LogP contribution in [0.2, 0.25) is 5.02 Å². The first-order chi connectivity index (χ1) is 9.43. The first-order valence-electron chi connectivity index (χ1n) is 6.02. The van der Waals surface area contributed by atoms with Crippen molar-refractivity contribution < 1.29 is 17.9 Å². The van der Waals surface area contributed by atoms with E-state index in [-0.39, 0.29) is 22.7 Å². The molecule has 0 aromatic heterocycles. The van der Waals surface area contributed by atoms with Gasteiger partial charge in [-0.2, -0.15) is 18.4 Å². The van der Waals surface area contributed by atoms with Crippen molar-refractivity contribution in [2.24, 2.45) is 0 Å². The summed E-state index contributed by atoms with van der Waals surface area (Å²) in [5.41, 5.74) is -0.835. The largest absolute Gasteiger partial charge is 0.418 e. The predicted molar refractivity (Wildman–Crippen MR) is 68.8 cm³/mol. The summed E-state index contributed by atoms with van der Waals surface area (Å²) in [4.78, 5) is 1.60. The maximum Gasteiger partial charge on any atom is 0.418 e. The van der Waals surface area contributed by atoms with Crippen molar-refractivity contribution in [3.05, 3.63) is 28.3 Å². The van der Waals surface area contributed by atoms with E-state index in [4.69, 9.17) is 21.6 Å². The summed E-state index contributed by atoms with van der Waals surface area (Å²) < 4.78 is 45.1. The number of morpholine rings is 1. The van der Waals surface area contributed by atoms with Crippen molar-refractivity contribution in [2.75, 3.05) is 31.2 Å². The number of anilines is 1. The van der Waals surface area contributed by atoms with Gasteiger partial charge in [0.1, 0.15) is 0 Å². The fraction of sp³-hybridized carbons (Fsp3) is 0.462. The number of halogens is 4. The number of nitrogens with zero attached hydrogens (tertiary/aromatic N) is 2. The summed E-state index contributed by atoms with van der Waals surface area (Å²) in [6.45, 7) is 1.49. The van der Waals surface area contributed by atoms with Crippen LogP contribution in [0.1, 0.15) is 11.1 Å². The highest BCUT2D eigenvalue weighted by Gasteiger charge is 2.38. The van der Waals surface area contributed by atoms with Crippen LogP contribution in [0.3, 0.4) is 0 Å². The van der Waals surface area contributed by atoms with Crippen LogP contribution < -0.4 is 4.90 Å². The number of hydrogen-bond acceptors (Lipinski definition) is 3. The zero-order chi connectivity index (χ0) is 14.8. The highest BCUT2D eigenvalue weighted by atomic mass is 35.5. The van der Waals surface area contributed by atoms with Crippen molar-refractivity contribution in [2.45, 2.75) is 12.6 Å². The SMILES string of the molecule is N#CCc1cc(Cl)cc(N2CCOCC2)c1C(F)(F)F. The monoisotopic (exact) mass is 304 g/mol. The molecule has 0 N–H and O–H groups in total. The van der Waals surface area contributed by atoms with E-state index in [1.807, 2.05) is 0 Å². The number of benzene rings is 1. The summed E-state index contributed by atoms with van der Waals surface area (Å²) in [5, 5.41) is 8.91. The molecule has 1 fully saturated rings. The molecule has 20 heavy (non-hydrogen) atoms. The van der Waals surface area contributed by atoms with E-state index in [1.54, 1.807) is 11.0 Å². The fourth-order valence-electron chi connectivity index (χ4n) is 2.25. The lowest BCUT2D eigenvalue weighted by Gasteiger charge is -2.32. The van der Waals surface area contributed by atoms with Crippen LogP contribution in [0.4, 0.5) is 18.9 Å². The van der Waals surface area contributed by atoms with Crippen LogP contribution in [0, 0.1) is 11.3 Å². The van der Waals surface area contributed by atoms with E-state index in [2.05, 4.69) is 0 Å². The lowest BCUT2D eigenvalue weighted by atomic mass is 10.0. The Labute approximate surface area is 119 Å². The molecule has 1 heterocycles. The second-order valence-corrected chi connectivity index (χ2v) is 4.83. The highest BCUT2D eigenvalue weighted by molar-refractivity contribution is 6.31. The molecule has 0 aliphatic carbocycles. The first kappa shape index (κ1) is 14.9. The Hall–Kier alpha value is -1.45. The second-order valence-electron chi connectivity index (χ2n) is 4.39. The standard InChI is InChI=1S/C13H12ClF3N2O/c14-10-7-9(1-2-18)12(13(15,16)17)11(8-10)19-3-5-20-6-4-19/h7-8H,1,3-6H2. The van der Waals surface area contributed by atoms with E-state index in [0.717, 1.165) is 0 Å². The molecular weight excluding hydrogens is 293 g/mol. The maximum atomic E-state index is 13.3. The van der Waals surface area contributed by atoms with Crippen molar-refractivity contribution in [1.29, 1.82) is 5.26 Å². The molecule has 3 nitrogen and oxygen atoms in total. The third-order valence-electron chi connectivity index (χ3n) is 3.07. The van der Waals surface area contributed by atoms with Gasteiger partial charge in [0.05, 0.1) is 37.0 Å². The minimum atomic E-state index is -4.52. The molecular formula is C13H12ClF3N2O. The van der Waals surface area contributed by atoms with Gasteiger partial charge in [0.2, 0.25) is 0 Å². The molecule has 0 saturated carbocycles. The summed E-state index contributed by atoms with van der Waals surface area (Å²) in [6, 6.07) is 4.26. The third-order valence-corrected chi connectivity index (χ3v) is 3.29. The summed E-state index contributed by atoms with van der Waals surface area (Å²) in [6.07, 6.45) is -4.85. The Bertz CT molecular complexity index is 534. The molecule has 0 atom stereocenters. The van der Waals surface area contributed by atoms with Crippen LogP contribution in [0.25, 0.3) is 0 Å². The quantitative estimate of drug-likeness (QED) is 0.841. The van der Waals surface area contributed by atoms with Gasteiger partial charge in [-0.05, 0) is 17.7 Å². The number of alkyl halides is 3. The second kappa shape index (κ2) is 5.90. The summed E-state index contributed by atoms with van der Waals surface area (Å²) in [7, 11) is 0. The van der Waals surface area contributed by atoms with Gasteiger partial charge in [0.25, 0.3) is 0 Å². The first-order valence-corrected chi connectivity index (χ1v) is 6.40. The zero-order valence-electron chi connectivity index (χ0n) is 10.5. The number of rotatable bonds is 2. The Kier molecular flexibility index (Phi) is 4.41. The highest BCUT2D eigenvalue weighted by Crippen LogP contribution is 2.41. The van der Waals surface area contributed by atoms with Crippen LogP contribution in [-0.2, 0) is 17.3 Å². The van der Waals surface area contributed by atoms with Gasteiger partial charge in [-0.1, -0.05) is 11.6 Å². The molecule has 0 spiro atoms. The molecule has 1 aliphatic heterocycles. The molecule has 0 bridgehead atoms. The van der Waals surface area contributed by atoms with Gasteiger partial charge < -0.3 is 9.64 Å². The lowest BCUT2D eigenvalue weighted by Crippen LogP contribution is -2.37. The van der Waals surface area contributed by atoms with E-state index in [0.29, 0.717) is 26.3 Å². The Morgan fingerprint density at radius 3 is 2.50 bits per heavy atom. The molecule has 7 heteroatoms. The van der Waals surface area contributed by atoms with Gasteiger partial charge >= 0.3 is 6.18 Å². The molecule has 0 unspecified atom stereocenters. The topological polar surface area (TPSA) is 36.3 Å². The molecule has 1 saturated heterocycles. The minimum Gasteiger partial charge on any atom is -0.378 e. The molecule has 2 rings (SSSR count). The molecule has 108 valence electrons. The normalized spacial score (nSPS) is 16.1. The fourth-order valence-corrected chi connectivity index (χ4v) is 2.49. The van der Waals surface area contributed by atoms with Crippen molar-refractivity contribution in [3.63, 3.8) is 0 Å². The zero-order valence-corrected chi connectivity index (χ0v) is 11.3. The van der Waals surface area contributed by atoms with E-state index in [1.165, 1.54) is 12.1 Å². The van der Waals surface area contributed by atoms with Gasteiger partial charge in [-0.15, -0.1) is 0 Å². The summed E-state index contributed by atoms with van der Waals surface area (Å²) >= 11 is 5.89. The van der Waals surface area contributed by atoms with Crippen molar-refractivity contribution in [1.82, 2.24) is 0 Å².